The van der Waals surface area contributed by atoms with Gasteiger partial charge in [0.1, 0.15) is 12.4 Å². The van der Waals surface area contributed by atoms with Crippen LogP contribution in [0.4, 0.5) is 0 Å². The molecule has 0 aromatic heterocycles. The van der Waals surface area contributed by atoms with Gasteiger partial charge in [0, 0.05) is 23.6 Å². The van der Waals surface area contributed by atoms with Crippen molar-refractivity contribution in [2.24, 2.45) is 0 Å². The van der Waals surface area contributed by atoms with Crippen LogP contribution in [0.5, 0.6) is 5.75 Å². The Labute approximate surface area is 151 Å². The number of rotatable bonds is 8. The molecular formula is C19H20ClNO4. The molecule has 0 spiro atoms. The van der Waals surface area contributed by atoms with Gasteiger partial charge in [-0.3, -0.25) is 9.59 Å². The minimum Gasteiger partial charge on any atom is -0.489 e. The van der Waals surface area contributed by atoms with E-state index in [2.05, 4.69) is 10.1 Å². The Kier molecular flexibility index (Phi) is 7.29. The number of hydrogen-bond acceptors (Lipinski definition) is 4. The average molecular weight is 362 g/mol. The first-order valence-corrected chi connectivity index (χ1v) is 8.28. The first-order valence-electron chi connectivity index (χ1n) is 7.91. The Morgan fingerprint density at radius 3 is 2.68 bits per heavy atom. The summed E-state index contributed by atoms with van der Waals surface area (Å²) >= 11 is 5.95. The third-order valence-corrected chi connectivity index (χ3v) is 3.70. The Hall–Kier alpha value is -2.53. The minimum atomic E-state index is -0.286. The second kappa shape index (κ2) is 9.69. The van der Waals surface area contributed by atoms with Gasteiger partial charge in [-0.1, -0.05) is 29.8 Å². The van der Waals surface area contributed by atoms with Gasteiger partial charge < -0.3 is 14.8 Å². The van der Waals surface area contributed by atoms with E-state index in [0.717, 1.165) is 5.56 Å². The Morgan fingerprint density at radius 2 is 1.92 bits per heavy atom. The molecule has 0 aliphatic carbocycles. The summed E-state index contributed by atoms with van der Waals surface area (Å²) in [7, 11) is 1.34. The number of carbonyl (C=O) groups is 2. The number of esters is 1. The van der Waals surface area contributed by atoms with E-state index in [1.165, 1.54) is 7.11 Å². The topological polar surface area (TPSA) is 64.6 Å². The molecule has 2 aromatic rings. The molecule has 0 aliphatic rings. The van der Waals surface area contributed by atoms with Crippen LogP contribution in [0.2, 0.25) is 5.02 Å². The molecule has 1 N–H and O–H groups in total. The smallest absolute Gasteiger partial charge is 0.305 e. The summed E-state index contributed by atoms with van der Waals surface area (Å²) in [5, 5.41) is 3.42. The molecule has 0 radical (unpaired) electrons. The number of halogens is 1. The number of methoxy groups -OCH3 is 1. The highest BCUT2D eigenvalue weighted by Gasteiger charge is 2.07. The standard InChI is InChI=1S/C19H20ClNO4/c1-24-18(22)9-4-10-21-19(23)15-6-3-8-17(12-15)25-13-14-5-2-7-16(20)11-14/h2-3,5-8,11-12H,4,9-10,13H2,1H3,(H,21,23). The van der Waals surface area contributed by atoms with Gasteiger partial charge in [0.05, 0.1) is 7.11 Å². The van der Waals surface area contributed by atoms with E-state index in [-0.39, 0.29) is 18.3 Å². The maximum atomic E-state index is 12.1. The Bertz CT molecular complexity index is 733. The van der Waals surface area contributed by atoms with Crippen LogP contribution in [0.15, 0.2) is 48.5 Å². The fourth-order valence-electron chi connectivity index (χ4n) is 2.16. The summed E-state index contributed by atoms with van der Waals surface area (Å²) in [6.45, 7) is 0.770. The van der Waals surface area contributed by atoms with Crippen molar-refractivity contribution < 1.29 is 19.1 Å². The largest absolute Gasteiger partial charge is 0.489 e. The molecular weight excluding hydrogens is 342 g/mol. The van der Waals surface area contributed by atoms with Crippen molar-refractivity contribution >= 4 is 23.5 Å². The van der Waals surface area contributed by atoms with Crippen LogP contribution in [-0.2, 0) is 16.1 Å². The number of nitrogens with one attached hydrogen (secondary N) is 1. The molecule has 2 aromatic carbocycles. The first-order chi connectivity index (χ1) is 12.1. The van der Waals surface area contributed by atoms with Gasteiger partial charge in [0.2, 0.25) is 0 Å². The molecule has 0 bridgehead atoms. The number of hydrogen-bond donors (Lipinski definition) is 1. The number of carbonyl (C=O) groups excluding carboxylic acids is 2. The fraction of sp³-hybridized carbons (Fsp3) is 0.263. The third-order valence-electron chi connectivity index (χ3n) is 3.46. The maximum absolute atomic E-state index is 12.1. The normalized spacial score (nSPS) is 10.2. The van der Waals surface area contributed by atoms with E-state index in [1.54, 1.807) is 30.3 Å². The molecule has 2 rings (SSSR count). The van der Waals surface area contributed by atoms with E-state index in [1.807, 2.05) is 18.2 Å². The van der Waals surface area contributed by atoms with Gasteiger partial charge >= 0.3 is 5.97 Å². The predicted molar refractivity (Wildman–Crippen MR) is 95.8 cm³/mol. The second-order valence-corrected chi connectivity index (χ2v) is 5.82. The molecule has 0 saturated heterocycles. The molecule has 0 aliphatic heterocycles. The lowest BCUT2D eigenvalue weighted by atomic mass is 10.2. The lowest BCUT2D eigenvalue weighted by molar-refractivity contribution is -0.140. The molecule has 5 nitrogen and oxygen atoms in total. The van der Waals surface area contributed by atoms with Gasteiger partial charge in [-0.15, -0.1) is 0 Å². The number of ether oxygens (including phenoxy) is 2. The van der Waals surface area contributed by atoms with E-state index in [4.69, 9.17) is 16.3 Å². The fourth-order valence-corrected chi connectivity index (χ4v) is 2.37. The van der Waals surface area contributed by atoms with Crippen molar-refractivity contribution in [1.29, 1.82) is 0 Å². The van der Waals surface area contributed by atoms with E-state index in [9.17, 15) is 9.59 Å². The van der Waals surface area contributed by atoms with Gasteiger partial charge in [0.25, 0.3) is 5.91 Å². The molecule has 0 heterocycles. The van der Waals surface area contributed by atoms with Crippen LogP contribution in [0.3, 0.4) is 0 Å². The summed E-state index contributed by atoms with van der Waals surface area (Å²) in [5.74, 6) is 0.103. The average Bonchev–Trinajstić information content (AvgIpc) is 2.63. The number of benzene rings is 2. The summed E-state index contributed by atoms with van der Waals surface area (Å²) in [6.07, 6.45) is 0.808. The summed E-state index contributed by atoms with van der Waals surface area (Å²) in [4.78, 5) is 23.2. The summed E-state index contributed by atoms with van der Waals surface area (Å²) in [5.41, 5.74) is 1.45. The van der Waals surface area contributed by atoms with E-state index < -0.39 is 0 Å². The first kappa shape index (κ1) is 18.8. The molecule has 0 fully saturated rings. The predicted octanol–water partition coefficient (Wildman–Crippen LogP) is 3.60. The van der Waals surface area contributed by atoms with Crippen molar-refractivity contribution in [1.82, 2.24) is 5.32 Å². The summed E-state index contributed by atoms with van der Waals surface area (Å²) < 4.78 is 10.3. The van der Waals surface area contributed by atoms with E-state index in [0.29, 0.717) is 35.9 Å². The quantitative estimate of drug-likeness (QED) is 0.576. The van der Waals surface area contributed by atoms with Gasteiger partial charge in [0.15, 0.2) is 0 Å². The third kappa shape index (κ3) is 6.47. The monoisotopic (exact) mass is 361 g/mol. The highest BCUT2D eigenvalue weighted by atomic mass is 35.5. The summed E-state index contributed by atoms with van der Waals surface area (Å²) in [6, 6.07) is 14.4. The van der Waals surface area contributed by atoms with Crippen molar-refractivity contribution in [3.8, 4) is 5.75 Å². The van der Waals surface area contributed by atoms with Crippen LogP contribution < -0.4 is 10.1 Å². The van der Waals surface area contributed by atoms with Crippen molar-refractivity contribution in [3.63, 3.8) is 0 Å². The van der Waals surface area contributed by atoms with Crippen LogP contribution in [0.1, 0.15) is 28.8 Å². The molecule has 25 heavy (non-hydrogen) atoms. The lowest BCUT2D eigenvalue weighted by Gasteiger charge is -2.09. The number of amides is 1. The molecule has 132 valence electrons. The van der Waals surface area contributed by atoms with Gasteiger partial charge in [-0.2, -0.15) is 0 Å². The van der Waals surface area contributed by atoms with Crippen LogP contribution in [-0.4, -0.2) is 25.5 Å². The SMILES string of the molecule is COC(=O)CCCNC(=O)c1cccc(OCc2cccc(Cl)c2)c1. The lowest BCUT2D eigenvalue weighted by Crippen LogP contribution is -2.25. The Morgan fingerprint density at radius 1 is 1.12 bits per heavy atom. The van der Waals surface area contributed by atoms with Crippen LogP contribution >= 0.6 is 11.6 Å². The second-order valence-electron chi connectivity index (χ2n) is 5.38. The van der Waals surface area contributed by atoms with Crippen molar-refractivity contribution in [2.75, 3.05) is 13.7 Å². The zero-order chi connectivity index (χ0) is 18.1. The highest BCUT2D eigenvalue weighted by Crippen LogP contribution is 2.17. The van der Waals surface area contributed by atoms with Crippen LogP contribution in [0.25, 0.3) is 0 Å². The van der Waals surface area contributed by atoms with Crippen LogP contribution in [0, 0.1) is 0 Å². The van der Waals surface area contributed by atoms with E-state index >= 15 is 0 Å². The molecule has 1 amide bonds. The molecule has 6 heteroatoms. The minimum absolute atomic E-state index is 0.210. The highest BCUT2D eigenvalue weighted by molar-refractivity contribution is 6.30. The zero-order valence-corrected chi connectivity index (χ0v) is 14.7. The molecule has 0 saturated carbocycles. The Balaban J connectivity index is 1.85. The van der Waals surface area contributed by atoms with Gasteiger partial charge in [-0.25, -0.2) is 0 Å². The molecule has 0 unspecified atom stereocenters. The zero-order valence-electron chi connectivity index (χ0n) is 14.0. The van der Waals surface area contributed by atoms with Gasteiger partial charge in [-0.05, 0) is 42.3 Å². The molecule has 0 atom stereocenters. The maximum Gasteiger partial charge on any atom is 0.305 e. The van der Waals surface area contributed by atoms with Crippen molar-refractivity contribution in [2.45, 2.75) is 19.4 Å². The van der Waals surface area contributed by atoms with Crippen molar-refractivity contribution in [3.05, 3.63) is 64.7 Å².